The Balaban J connectivity index is 1.13. The Labute approximate surface area is 174 Å². The zero-order valence-corrected chi connectivity index (χ0v) is 17.8. The number of carbonyl (C=O) groups excluding carboxylic acids is 2. The molecule has 4 fully saturated rings. The van der Waals surface area contributed by atoms with Crippen molar-refractivity contribution in [3.63, 3.8) is 0 Å². The highest BCUT2D eigenvalue weighted by Gasteiger charge is 2.51. The molecule has 0 radical (unpaired) electrons. The van der Waals surface area contributed by atoms with Gasteiger partial charge in [-0.1, -0.05) is 6.07 Å². The van der Waals surface area contributed by atoms with Crippen LogP contribution in [0.4, 0.5) is 0 Å². The number of aryl methyl sites for hydroxylation is 2. The molecule has 158 valence electrons. The predicted octanol–water partition coefficient (Wildman–Crippen LogP) is 3.52. The summed E-state index contributed by atoms with van der Waals surface area (Å²) in [5.74, 6) is 3.28. The van der Waals surface area contributed by atoms with Gasteiger partial charge in [-0.3, -0.25) is 9.59 Å². The zero-order chi connectivity index (χ0) is 20.4. The number of carbonyl (C=O) groups is 2. The third-order valence-electron chi connectivity index (χ3n) is 7.32. The van der Waals surface area contributed by atoms with Crippen molar-refractivity contribution in [2.75, 3.05) is 19.7 Å². The number of hydrogen-bond donors (Lipinski definition) is 2. The minimum absolute atomic E-state index is 0.0102. The summed E-state index contributed by atoms with van der Waals surface area (Å²) in [6.45, 7) is 4.96. The van der Waals surface area contributed by atoms with Crippen LogP contribution in [0.3, 0.4) is 0 Å². The van der Waals surface area contributed by atoms with Gasteiger partial charge in [0.05, 0.1) is 0 Å². The summed E-state index contributed by atoms with van der Waals surface area (Å²) < 4.78 is 5.54. The van der Waals surface area contributed by atoms with Crippen LogP contribution in [0.25, 0.3) is 0 Å². The highest BCUT2D eigenvalue weighted by atomic mass is 16.5. The second kappa shape index (κ2) is 8.37. The molecule has 5 heteroatoms. The molecule has 1 aromatic rings. The second-order valence-electron chi connectivity index (χ2n) is 9.83. The molecule has 2 amide bonds. The Hall–Kier alpha value is -2.04. The number of hydrogen-bond acceptors (Lipinski definition) is 3. The van der Waals surface area contributed by atoms with Gasteiger partial charge < -0.3 is 15.4 Å². The fourth-order valence-electron chi connectivity index (χ4n) is 6.32. The molecule has 5 rings (SSSR count). The molecule has 4 aliphatic rings. The number of benzene rings is 1. The third kappa shape index (κ3) is 4.93. The van der Waals surface area contributed by atoms with E-state index in [4.69, 9.17) is 4.74 Å². The summed E-state index contributed by atoms with van der Waals surface area (Å²) in [5.41, 5.74) is 2.61. The summed E-state index contributed by atoms with van der Waals surface area (Å²) >= 11 is 0. The molecule has 0 heterocycles. The van der Waals surface area contributed by atoms with Crippen LogP contribution in [0.2, 0.25) is 0 Å². The minimum atomic E-state index is -0.168. The molecule has 0 aromatic heterocycles. The summed E-state index contributed by atoms with van der Waals surface area (Å²) in [6.07, 6.45) is 8.61. The fraction of sp³-hybridized carbons (Fsp3) is 0.667. The minimum Gasteiger partial charge on any atom is -0.484 e. The van der Waals surface area contributed by atoms with Crippen molar-refractivity contribution in [2.45, 2.75) is 58.8 Å². The average Bonchev–Trinajstić information content (AvgIpc) is 2.64. The maximum absolute atomic E-state index is 12.5. The first kappa shape index (κ1) is 20.2. The van der Waals surface area contributed by atoms with Gasteiger partial charge in [-0.25, -0.2) is 0 Å². The molecule has 0 spiro atoms. The Morgan fingerprint density at radius 3 is 2.10 bits per heavy atom. The van der Waals surface area contributed by atoms with Crippen LogP contribution in [-0.2, 0) is 9.59 Å². The van der Waals surface area contributed by atoms with Gasteiger partial charge in [0.2, 0.25) is 5.91 Å². The van der Waals surface area contributed by atoms with E-state index in [9.17, 15) is 9.59 Å². The Morgan fingerprint density at radius 2 is 1.52 bits per heavy atom. The van der Waals surface area contributed by atoms with Gasteiger partial charge in [-0.15, -0.1) is 0 Å². The Morgan fingerprint density at radius 1 is 0.931 bits per heavy atom. The van der Waals surface area contributed by atoms with Gasteiger partial charge >= 0.3 is 0 Å². The maximum Gasteiger partial charge on any atom is 0.258 e. The molecule has 0 aliphatic heterocycles. The molecule has 5 nitrogen and oxygen atoms in total. The molecular weight excluding hydrogens is 364 g/mol. The van der Waals surface area contributed by atoms with Crippen LogP contribution in [0.1, 0.15) is 56.1 Å². The van der Waals surface area contributed by atoms with Crippen molar-refractivity contribution in [2.24, 2.45) is 23.2 Å². The van der Waals surface area contributed by atoms with Crippen molar-refractivity contribution < 1.29 is 14.3 Å². The van der Waals surface area contributed by atoms with Crippen molar-refractivity contribution in [3.05, 3.63) is 29.3 Å². The lowest BCUT2D eigenvalue weighted by Gasteiger charge is -2.56. The molecule has 29 heavy (non-hydrogen) atoms. The molecular formula is C24H34N2O3. The second-order valence-corrected chi connectivity index (χ2v) is 9.83. The van der Waals surface area contributed by atoms with E-state index in [1.807, 2.05) is 32.0 Å². The maximum atomic E-state index is 12.5. The van der Waals surface area contributed by atoms with Crippen LogP contribution in [0.5, 0.6) is 5.75 Å². The van der Waals surface area contributed by atoms with E-state index < -0.39 is 0 Å². The van der Waals surface area contributed by atoms with E-state index in [0.717, 1.165) is 23.3 Å². The van der Waals surface area contributed by atoms with Gasteiger partial charge in [0.15, 0.2) is 6.61 Å². The first-order chi connectivity index (χ1) is 13.9. The quantitative estimate of drug-likeness (QED) is 0.659. The topological polar surface area (TPSA) is 67.4 Å². The number of nitrogens with one attached hydrogen (secondary N) is 2. The lowest BCUT2D eigenvalue weighted by molar-refractivity contribution is -0.129. The molecule has 4 bridgehead atoms. The van der Waals surface area contributed by atoms with Crippen molar-refractivity contribution in [3.8, 4) is 5.75 Å². The predicted molar refractivity (Wildman–Crippen MR) is 113 cm³/mol. The summed E-state index contributed by atoms with van der Waals surface area (Å²) in [7, 11) is 0. The van der Waals surface area contributed by atoms with Crippen LogP contribution >= 0.6 is 0 Å². The molecule has 4 aliphatic carbocycles. The van der Waals surface area contributed by atoms with Crippen molar-refractivity contribution >= 4 is 11.8 Å². The smallest absolute Gasteiger partial charge is 0.258 e. The Kier molecular flexibility index (Phi) is 5.84. The lowest BCUT2D eigenvalue weighted by atomic mass is 9.49. The van der Waals surface area contributed by atoms with Crippen LogP contribution in [-0.4, -0.2) is 31.5 Å². The normalized spacial score (nSPS) is 29.5. The summed E-state index contributed by atoms with van der Waals surface area (Å²) in [5, 5.41) is 5.82. The number of ether oxygens (including phenoxy) is 1. The van der Waals surface area contributed by atoms with Gasteiger partial charge in [-0.2, -0.15) is 0 Å². The first-order valence-corrected chi connectivity index (χ1v) is 11.1. The molecule has 1 aromatic carbocycles. The van der Waals surface area contributed by atoms with Crippen LogP contribution < -0.4 is 15.4 Å². The molecule has 2 N–H and O–H groups in total. The lowest BCUT2D eigenvalue weighted by Crippen LogP contribution is -2.48. The van der Waals surface area contributed by atoms with Gasteiger partial charge in [0, 0.05) is 19.5 Å². The third-order valence-corrected chi connectivity index (χ3v) is 7.32. The number of rotatable bonds is 8. The van der Waals surface area contributed by atoms with E-state index in [0.29, 0.717) is 25.3 Å². The number of amides is 2. The summed E-state index contributed by atoms with van der Waals surface area (Å²) in [4.78, 5) is 24.5. The SMILES string of the molecule is Cc1ccc(OCC(=O)NCCNC(=O)CC23CC4CC(CC(C4)C2)C3)cc1C. The van der Waals surface area contributed by atoms with E-state index in [-0.39, 0.29) is 23.8 Å². The summed E-state index contributed by atoms with van der Waals surface area (Å²) in [6, 6.07) is 5.80. The van der Waals surface area contributed by atoms with E-state index in [1.165, 1.54) is 44.1 Å². The van der Waals surface area contributed by atoms with Crippen molar-refractivity contribution in [1.29, 1.82) is 0 Å². The highest BCUT2D eigenvalue weighted by Crippen LogP contribution is 2.61. The van der Waals surface area contributed by atoms with Crippen molar-refractivity contribution in [1.82, 2.24) is 10.6 Å². The van der Waals surface area contributed by atoms with Crippen LogP contribution in [0, 0.1) is 37.0 Å². The van der Waals surface area contributed by atoms with Gasteiger partial charge in [0.1, 0.15) is 5.75 Å². The molecule has 0 saturated heterocycles. The monoisotopic (exact) mass is 398 g/mol. The fourth-order valence-corrected chi connectivity index (χ4v) is 6.32. The van der Waals surface area contributed by atoms with E-state index in [1.54, 1.807) is 0 Å². The molecule has 4 saturated carbocycles. The average molecular weight is 399 g/mol. The zero-order valence-electron chi connectivity index (χ0n) is 17.8. The first-order valence-electron chi connectivity index (χ1n) is 11.1. The largest absolute Gasteiger partial charge is 0.484 e. The van der Waals surface area contributed by atoms with Crippen LogP contribution in [0.15, 0.2) is 18.2 Å². The van der Waals surface area contributed by atoms with E-state index >= 15 is 0 Å². The van der Waals surface area contributed by atoms with E-state index in [2.05, 4.69) is 10.6 Å². The molecule has 0 atom stereocenters. The highest BCUT2D eigenvalue weighted by molar-refractivity contribution is 5.78. The van der Waals surface area contributed by atoms with Gasteiger partial charge in [-0.05, 0) is 98.8 Å². The Bertz CT molecular complexity index is 738. The standard InChI is InChI=1S/C24H34N2O3/c1-16-3-4-21(7-17(16)2)29-15-23(28)26-6-5-25-22(27)14-24-11-18-8-19(12-24)10-20(9-18)13-24/h3-4,7,18-20H,5-6,8-15H2,1-2H3,(H,25,27)(H,26,28). The molecule has 0 unspecified atom stereocenters. The van der Waals surface area contributed by atoms with Gasteiger partial charge in [0.25, 0.3) is 5.91 Å².